The van der Waals surface area contributed by atoms with Crippen molar-refractivity contribution in [2.24, 2.45) is 0 Å². The zero-order valence-electron chi connectivity index (χ0n) is 14.3. The molecule has 130 valence electrons. The molecule has 0 bridgehead atoms. The monoisotopic (exact) mass is 345 g/mol. The van der Waals surface area contributed by atoms with Gasteiger partial charge >= 0.3 is 0 Å². The van der Waals surface area contributed by atoms with E-state index >= 15 is 0 Å². The van der Waals surface area contributed by atoms with E-state index in [-0.39, 0.29) is 6.04 Å². The Morgan fingerprint density at radius 1 is 1.12 bits per heavy atom. The molecule has 4 heterocycles. The molecule has 0 radical (unpaired) electrons. The first kappa shape index (κ1) is 16.3. The second kappa shape index (κ2) is 6.99. The molecule has 0 spiro atoms. The summed E-state index contributed by atoms with van der Waals surface area (Å²) in [5.41, 5.74) is 7.30. The normalized spacial score (nSPS) is 22.2. The zero-order valence-corrected chi connectivity index (χ0v) is 14.3. The Bertz CT molecular complexity index is 908. The summed E-state index contributed by atoms with van der Waals surface area (Å²) in [4.78, 5) is 17.3. The number of nitrogens with zero attached hydrogens (tertiary/aromatic N) is 6. The number of aromatic nitrogens is 3. The van der Waals surface area contributed by atoms with E-state index in [1.807, 2.05) is 0 Å². The summed E-state index contributed by atoms with van der Waals surface area (Å²) < 4.78 is 0. The molecule has 2 aromatic rings. The predicted octanol–water partition coefficient (Wildman–Crippen LogP) is 1.03. The van der Waals surface area contributed by atoms with E-state index < -0.39 is 0 Å². The maximum absolute atomic E-state index is 8.96. The van der Waals surface area contributed by atoms with Crippen LogP contribution in [0.15, 0.2) is 30.9 Å². The third-order valence-electron chi connectivity index (χ3n) is 4.96. The molecule has 0 unspecified atom stereocenters. The van der Waals surface area contributed by atoms with Gasteiger partial charge in [0, 0.05) is 56.0 Å². The van der Waals surface area contributed by atoms with Gasteiger partial charge in [-0.1, -0.05) is 11.8 Å². The Morgan fingerprint density at radius 2 is 1.96 bits per heavy atom. The molecule has 0 saturated carbocycles. The lowest BCUT2D eigenvalue weighted by Crippen LogP contribution is -2.52. The summed E-state index contributed by atoms with van der Waals surface area (Å²) in [6.45, 7) is 2.69. The third kappa shape index (κ3) is 3.17. The lowest BCUT2D eigenvalue weighted by molar-refractivity contribution is 0.203. The molecule has 2 aliphatic heterocycles. The van der Waals surface area contributed by atoms with Crippen LogP contribution in [-0.4, -0.2) is 51.6 Å². The van der Waals surface area contributed by atoms with Crippen molar-refractivity contribution in [3.8, 4) is 17.9 Å². The van der Waals surface area contributed by atoms with Crippen LogP contribution in [0.25, 0.3) is 0 Å². The van der Waals surface area contributed by atoms with Crippen molar-refractivity contribution in [1.82, 2.24) is 19.9 Å². The number of piperazine rings is 1. The summed E-state index contributed by atoms with van der Waals surface area (Å²) in [6.07, 6.45) is 8.71. The van der Waals surface area contributed by atoms with E-state index in [9.17, 15) is 0 Å². The first-order chi connectivity index (χ1) is 12.7. The van der Waals surface area contributed by atoms with Crippen molar-refractivity contribution < 1.29 is 0 Å². The topological polar surface area (TPSA) is 95.0 Å². The minimum Gasteiger partial charge on any atom is -0.381 e. The first-order valence-corrected chi connectivity index (χ1v) is 8.68. The molecule has 4 rings (SSSR count). The number of anilines is 2. The van der Waals surface area contributed by atoms with Crippen LogP contribution in [0.2, 0.25) is 0 Å². The van der Waals surface area contributed by atoms with E-state index in [1.165, 1.54) is 0 Å². The van der Waals surface area contributed by atoms with Crippen molar-refractivity contribution in [2.75, 3.05) is 30.3 Å². The maximum Gasteiger partial charge on any atom is 0.171 e. The van der Waals surface area contributed by atoms with E-state index in [1.54, 1.807) is 30.9 Å². The van der Waals surface area contributed by atoms with E-state index in [2.05, 4.69) is 42.7 Å². The summed E-state index contributed by atoms with van der Waals surface area (Å²) in [5.74, 6) is 7.82. The van der Waals surface area contributed by atoms with Gasteiger partial charge in [-0.15, -0.1) is 0 Å². The van der Waals surface area contributed by atoms with Crippen LogP contribution in [0, 0.1) is 23.2 Å². The minimum atomic E-state index is 0.243. The molecule has 0 amide bonds. The Hall–Kier alpha value is -3.16. The number of nitrogens with two attached hydrogens (primary N) is 1. The fraction of sp³-hybridized carbons (Fsp3) is 0.368. The molecule has 2 N–H and O–H groups in total. The van der Waals surface area contributed by atoms with Gasteiger partial charge in [-0.25, -0.2) is 9.97 Å². The second-order valence-electron chi connectivity index (χ2n) is 6.54. The van der Waals surface area contributed by atoms with Crippen molar-refractivity contribution >= 4 is 11.6 Å². The molecule has 7 nitrogen and oxygen atoms in total. The van der Waals surface area contributed by atoms with E-state index in [0.29, 0.717) is 17.4 Å². The van der Waals surface area contributed by atoms with Crippen molar-refractivity contribution in [1.29, 1.82) is 5.26 Å². The van der Waals surface area contributed by atoms with Gasteiger partial charge in [-0.05, 0) is 18.9 Å². The average Bonchev–Trinajstić information content (AvgIpc) is 3.09. The van der Waals surface area contributed by atoms with Crippen LogP contribution in [0.1, 0.15) is 24.0 Å². The third-order valence-corrected chi connectivity index (χ3v) is 4.96. The molecule has 2 aliphatic rings. The Morgan fingerprint density at radius 3 is 2.81 bits per heavy atom. The minimum absolute atomic E-state index is 0.243. The number of fused-ring (bicyclic) bond motifs is 1. The molecule has 0 aromatic carbocycles. The van der Waals surface area contributed by atoms with Gasteiger partial charge in [-0.2, -0.15) is 5.26 Å². The SMILES string of the molecule is N#Cc1cncc(C#C[C@H]2CC[C@H]3CN(c4nccnc4N)CCN32)c1. The molecule has 2 fully saturated rings. The molecule has 26 heavy (non-hydrogen) atoms. The maximum atomic E-state index is 8.96. The quantitative estimate of drug-likeness (QED) is 0.771. The molecule has 0 aliphatic carbocycles. The number of nitriles is 1. The van der Waals surface area contributed by atoms with Crippen molar-refractivity contribution in [3.63, 3.8) is 0 Å². The highest BCUT2D eigenvalue weighted by Gasteiger charge is 2.37. The smallest absolute Gasteiger partial charge is 0.171 e. The lowest BCUT2D eigenvalue weighted by atomic mass is 10.1. The van der Waals surface area contributed by atoms with Gasteiger partial charge in [0.25, 0.3) is 0 Å². The van der Waals surface area contributed by atoms with Gasteiger partial charge in [-0.3, -0.25) is 9.88 Å². The van der Waals surface area contributed by atoms with Crippen LogP contribution in [-0.2, 0) is 0 Å². The average molecular weight is 345 g/mol. The Kier molecular flexibility index (Phi) is 4.39. The van der Waals surface area contributed by atoms with Crippen LogP contribution in [0.3, 0.4) is 0 Å². The van der Waals surface area contributed by atoms with Gasteiger partial charge in [0.05, 0.1) is 11.6 Å². The highest BCUT2D eigenvalue weighted by atomic mass is 15.3. The predicted molar refractivity (Wildman–Crippen MR) is 98.0 cm³/mol. The standard InChI is InChI=1S/C19H19N7/c20-10-15-9-14(11-22-12-15)1-2-16-3-4-17-13-25(7-8-26(16)17)19-18(21)23-5-6-24-19/h5-6,9,11-12,16-17H,3-4,7-8,13H2,(H2,21,23)/t16-,17-/m0/s1. The second-order valence-corrected chi connectivity index (χ2v) is 6.54. The Balaban J connectivity index is 1.46. The summed E-state index contributed by atoms with van der Waals surface area (Å²) in [6, 6.07) is 4.57. The molecule has 2 aromatic heterocycles. The molecular formula is C19H19N7. The molecule has 2 atom stereocenters. The van der Waals surface area contributed by atoms with Crippen LogP contribution in [0.5, 0.6) is 0 Å². The van der Waals surface area contributed by atoms with E-state index in [0.717, 1.165) is 43.9 Å². The van der Waals surface area contributed by atoms with Crippen molar-refractivity contribution in [2.45, 2.75) is 24.9 Å². The number of hydrogen-bond acceptors (Lipinski definition) is 7. The van der Waals surface area contributed by atoms with Gasteiger partial charge < -0.3 is 10.6 Å². The van der Waals surface area contributed by atoms with Gasteiger partial charge in [0.15, 0.2) is 11.6 Å². The largest absolute Gasteiger partial charge is 0.381 e. The highest BCUT2D eigenvalue weighted by Crippen LogP contribution is 2.30. The Labute approximate surface area is 152 Å². The van der Waals surface area contributed by atoms with Crippen LogP contribution in [0.4, 0.5) is 11.6 Å². The summed E-state index contributed by atoms with van der Waals surface area (Å²) >= 11 is 0. The number of rotatable bonds is 1. The number of hydrogen-bond donors (Lipinski definition) is 1. The lowest BCUT2D eigenvalue weighted by Gasteiger charge is -2.39. The van der Waals surface area contributed by atoms with Crippen molar-refractivity contribution in [3.05, 3.63) is 42.0 Å². The molecule has 2 saturated heterocycles. The molecule has 7 heteroatoms. The molecular weight excluding hydrogens is 326 g/mol. The summed E-state index contributed by atoms with van der Waals surface area (Å²) in [5, 5.41) is 8.96. The summed E-state index contributed by atoms with van der Waals surface area (Å²) in [7, 11) is 0. The van der Waals surface area contributed by atoms with Gasteiger partial charge in [0.1, 0.15) is 6.07 Å². The first-order valence-electron chi connectivity index (χ1n) is 8.68. The van der Waals surface area contributed by atoms with Crippen LogP contribution >= 0.6 is 0 Å². The number of pyridine rings is 1. The fourth-order valence-corrected chi connectivity index (χ4v) is 3.72. The van der Waals surface area contributed by atoms with Crippen LogP contribution < -0.4 is 10.6 Å². The fourth-order valence-electron chi connectivity index (χ4n) is 3.72. The number of nitrogen functional groups attached to an aromatic ring is 1. The van der Waals surface area contributed by atoms with Gasteiger partial charge in [0.2, 0.25) is 0 Å². The highest BCUT2D eigenvalue weighted by molar-refractivity contribution is 5.57. The van der Waals surface area contributed by atoms with E-state index in [4.69, 9.17) is 11.0 Å². The zero-order chi connectivity index (χ0) is 17.9.